The number of halogens is 3. The number of hydrogen-bond donors (Lipinski definition) is 2. The Bertz CT molecular complexity index is 903. The van der Waals surface area contributed by atoms with E-state index in [2.05, 4.69) is 19.7 Å². The molecule has 0 bridgehead atoms. The summed E-state index contributed by atoms with van der Waals surface area (Å²) in [4.78, 5) is 37.4. The number of amides is 2. The van der Waals surface area contributed by atoms with E-state index in [0.717, 1.165) is 0 Å². The maximum Gasteiger partial charge on any atom is 0.422 e. The summed E-state index contributed by atoms with van der Waals surface area (Å²) < 4.78 is 40.7. The standard InChI is InChI=1S/C16H17F3N6O3/c17-16(18,19)9-28-15(27)25-5-3-24(4-6-25)12-8-22-14-13(23-12)10(7-21-14)1-2-11(20)26/h1-2,7-8H,3-6,9H2,(H2,20,26)(H,21,22)/b2-1+. The molecule has 0 atom stereocenters. The molecule has 3 N–H and O–H groups in total. The van der Waals surface area contributed by atoms with Crippen molar-refractivity contribution in [3.05, 3.63) is 24.0 Å². The molecule has 1 aliphatic heterocycles. The van der Waals surface area contributed by atoms with Crippen molar-refractivity contribution in [2.24, 2.45) is 5.73 Å². The largest absolute Gasteiger partial charge is 0.440 e. The van der Waals surface area contributed by atoms with Crippen LogP contribution in [0.15, 0.2) is 18.5 Å². The van der Waals surface area contributed by atoms with Gasteiger partial charge in [0, 0.05) is 44.0 Å². The first-order chi connectivity index (χ1) is 13.2. The predicted octanol–water partition coefficient (Wildman–Crippen LogP) is 1.28. The van der Waals surface area contributed by atoms with E-state index in [-0.39, 0.29) is 13.1 Å². The number of nitrogens with one attached hydrogen (secondary N) is 1. The van der Waals surface area contributed by atoms with Crippen LogP contribution in [0, 0.1) is 0 Å². The number of nitrogens with zero attached hydrogens (tertiary/aromatic N) is 4. The van der Waals surface area contributed by atoms with Gasteiger partial charge in [-0.2, -0.15) is 13.2 Å². The molecule has 2 aromatic rings. The maximum atomic E-state index is 12.1. The number of rotatable bonds is 4. The average Bonchev–Trinajstić information content (AvgIpc) is 3.06. The fourth-order valence-corrected chi connectivity index (χ4v) is 2.71. The SMILES string of the molecule is NC(=O)/C=C/c1c[nH]c2ncc(N3CCN(C(=O)OCC(F)(F)F)CC3)nc12. The number of primary amides is 1. The Balaban J connectivity index is 1.65. The van der Waals surface area contributed by atoms with Gasteiger partial charge in [-0.05, 0) is 6.08 Å². The van der Waals surface area contributed by atoms with E-state index < -0.39 is 24.8 Å². The highest BCUT2D eigenvalue weighted by Gasteiger charge is 2.31. The highest BCUT2D eigenvalue weighted by atomic mass is 19.4. The van der Waals surface area contributed by atoms with Crippen molar-refractivity contribution in [1.82, 2.24) is 19.9 Å². The van der Waals surface area contributed by atoms with Gasteiger partial charge in [-0.1, -0.05) is 0 Å². The van der Waals surface area contributed by atoms with Gasteiger partial charge in [0.1, 0.15) is 11.3 Å². The van der Waals surface area contributed by atoms with Crippen LogP contribution in [0.5, 0.6) is 0 Å². The van der Waals surface area contributed by atoms with Gasteiger partial charge >= 0.3 is 12.3 Å². The third-order valence-electron chi connectivity index (χ3n) is 4.05. The number of alkyl halides is 3. The number of nitrogens with two attached hydrogens (primary N) is 1. The molecular formula is C16H17F3N6O3. The molecule has 9 nitrogen and oxygen atoms in total. The van der Waals surface area contributed by atoms with Crippen LogP contribution in [-0.4, -0.2) is 70.8 Å². The van der Waals surface area contributed by atoms with E-state index in [1.54, 1.807) is 12.4 Å². The molecule has 0 aromatic carbocycles. The first-order valence-electron chi connectivity index (χ1n) is 8.28. The van der Waals surface area contributed by atoms with Crippen molar-refractivity contribution in [3.63, 3.8) is 0 Å². The van der Waals surface area contributed by atoms with Crippen LogP contribution in [0.25, 0.3) is 17.2 Å². The topological polar surface area (TPSA) is 117 Å². The number of aromatic amines is 1. The summed E-state index contributed by atoms with van der Waals surface area (Å²) in [6.07, 6.45) is 0.375. The molecule has 1 fully saturated rings. The first-order valence-corrected chi connectivity index (χ1v) is 8.28. The summed E-state index contributed by atoms with van der Waals surface area (Å²) in [6.45, 7) is -0.504. The smallest absolute Gasteiger partial charge is 0.422 e. The molecule has 0 unspecified atom stereocenters. The lowest BCUT2D eigenvalue weighted by molar-refractivity contribution is -0.162. The highest BCUT2D eigenvalue weighted by molar-refractivity contribution is 5.93. The second-order valence-electron chi connectivity index (χ2n) is 6.05. The monoisotopic (exact) mass is 398 g/mol. The van der Waals surface area contributed by atoms with Crippen LogP contribution in [0.4, 0.5) is 23.8 Å². The van der Waals surface area contributed by atoms with E-state index in [4.69, 9.17) is 5.73 Å². The summed E-state index contributed by atoms with van der Waals surface area (Å²) >= 11 is 0. The molecular weight excluding hydrogens is 381 g/mol. The van der Waals surface area contributed by atoms with Gasteiger partial charge in [-0.25, -0.2) is 14.8 Å². The van der Waals surface area contributed by atoms with Crippen LogP contribution in [0.2, 0.25) is 0 Å². The zero-order valence-corrected chi connectivity index (χ0v) is 14.6. The molecule has 12 heteroatoms. The zero-order valence-electron chi connectivity index (χ0n) is 14.6. The lowest BCUT2D eigenvalue weighted by atomic mass is 10.2. The van der Waals surface area contributed by atoms with Crippen molar-refractivity contribution in [2.75, 3.05) is 37.7 Å². The Hall–Kier alpha value is -3.31. The van der Waals surface area contributed by atoms with Crippen LogP contribution in [0.3, 0.4) is 0 Å². The van der Waals surface area contributed by atoms with Gasteiger partial charge in [0.2, 0.25) is 5.91 Å². The molecule has 3 heterocycles. The predicted molar refractivity (Wildman–Crippen MR) is 93.3 cm³/mol. The number of H-pyrrole nitrogens is 1. The molecule has 0 spiro atoms. The number of carbonyl (C=O) groups is 2. The molecule has 3 rings (SSSR count). The summed E-state index contributed by atoms with van der Waals surface area (Å²) in [6, 6.07) is 0. The molecule has 1 aliphatic rings. The molecule has 0 radical (unpaired) electrons. The lowest BCUT2D eigenvalue weighted by Crippen LogP contribution is -2.49. The Labute approximate surface area is 157 Å². The third kappa shape index (κ3) is 4.69. The van der Waals surface area contributed by atoms with Gasteiger partial charge < -0.3 is 25.3 Å². The van der Waals surface area contributed by atoms with Crippen molar-refractivity contribution < 1.29 is 27.5 Å². The Kier molecular flexibility index (Phi) is 5.38. The van der Waals surface area contributed by atoms with E-state index in [9.17, 15) is 22.8 Å². The number of fused-ring (bicyclic) bond motifs is 1. The van der Waals surface area contributed by atoms with Crippen LogP contribution in [-0.2, 0) is 9.53 Å². The molecule has 2 aromatic heterocycles. The van der Waals surface area contributed by atoms with Gasteiger partial charge in [-0.3, -0.25) is 4.79 Å². The number of anilines is 1. The van der Waals surface area contributed by atoms with Gasteiger partial charge in [0.15, 0.2) is 12.3 Å². The minimum Gasteiger partial charge on any atom is -0.440 e. The van der Waals surface area contributed by atoms with Gasteiger partial charge in [0.05, 0.1) is 6.20 Å². The summed E-state index contributed by atoms with van der Waals surface area (Å²) in [5, 5.41) is 0. The third-order valence-corrected chi connectivity index (χ3v) is 4.05. The molecule has 28 heavy (non-hydrogen) atoms. The maximum absolute atomic E-state index is 12.1. The van der Waals surface area contributed by atoms with Crippen molar-refractivity contribution in [2.45, 2.75) is 6.18 Å². The van der Waals surface area contributed by atoms with E-state index >= 15 is 0 Å². The molecule has 2 amide bonds. The number of carbonyl (C=O) groups excluding carboxylic acids is 2. The van der Waals surface area contributed by atoms with Crippen molar-refractivity contribution >= 4 is 35.1 Å². The minimum atomic E-state index is -4.56. The van der Waals surface area contributed by atoms with Crippen LogP contribution in [0.1, 0.15) is 5.56 Å². The van der Waals surface area contributed by atoms with Crippen molar-refractivity contribution in [3.8, 4) is 0 Å². The van der Waals surface area contributed by atoms with E-state index in [0.29, 0.717) is 35.6 Å². The average molecular weight is 398 g/mol. The zero-order chi connectivity index (χ0) is 20.3. The lowest BCUT2D eigenvalue weighted by Gasteiger charge is -2.34. The van der Waals surface area contributed by atoms with E-state index in [1.807, 2.05) is 4.90 Å². The summed E-state index contributed by atoms with van der Waals surface area (Å²) in [7, 11) is 0. The van der Waals surface area contributed by atoms with Crippen molar-refractivity contribution in [1.29, 1.82) is 0 Å². The fourth-order valence-electron chi connectivity index (χ4n) is 2.71. The van der Waals surface area contributed by atoms with Gasteiger partial charge in [-0.15, -0.1) is 0 Å². The minimum absolute atomic E-state index is 0.192. The normalized spacial score (nSPS) is 15.4. The Morgan fingerprint density at radius 1 is 1.29 bits per heavy atom. The summed E-state index contributed by atoms with van der Waals surface area (Å²) in [5.74, 6) is -0.0453. The number of ether oxygens (including phenoxy) is 1. The van der Waals surface area contributed by atoms with Crippen LogP contribution < -0.4 is 10.6 Å². The van der Waals surface area contributed by atoms with Crippen LogP contribution >= 0.6 is 0 Å². The summed E-state index contributed by atoms with van der Waals surface area (Å²) in [5.41, 5.74) is 6.81. The van der Waals surface area contributed by atoms with Gasteiger partial charge in [0.25, 0.3) is 0 Å². The number of aromatic nitrogens is 3. The Morgan fingerprint density at radius 2 is 2.00 bits per heavy atom. The quantitative estimate of drug-likeness (QED) is 0.750. The Morgan fingerprint density at radius 3 is 2.64 bits per heavy atom. The fraction of sp³-hybridized carbons (Fsp3) is 0.375. The molecule has 0 aliphatic carbocycles. The number of hydrogen-bond acceptors (Lipinski definition) is 6. The number of piperazine rings is 1. The highest BCUT2D eigenvalue weighted by Crippen LogP contribution is 2.21. The second kappa shape index (κ2) is 7.74. The van der Waals surface area contributed by atoms with E-state index in [1.165, 1.54) is 17.1 Å². The second-order valence-corrected chi connectivity index (χ2v) is 6.05. The molecule has 1 saturated heterocycles. The molecule has 150 valence electrons. The first kappa shape index (κ1) is 19.5. The molecule has 0 saturated carbocycles.